The number of benzene rings is 3. The molecule has 4 aromatic rings. The fourth-order valence-corrected chi connectivity index (χ4v) is 3.97. The topological polar surface area (TPSA) is 105 Å². The maximum atomic E-state index is 11.6. The van der Waals surface area contributed by atoms with Crippen molar-refractivity contribution in [1.82, 2.24) is 0 Å². The zero-order valence-electron chi connectivity index (χ0n) is 18.2. The number of amides is 2. The lowest BCUT2D eigenvalue weighted by molar-refractivity contribution is -0.632. The van der Waals surface area contributed by atoms with Gasteiger partial charge in [0.05, 0.1) is 15.7 Å². The number of hydrogen-bond acceptors (Lipinski definition) is 4. The van der Waals surface area contributed by atoms with Gasteiger partial charge in [0.25, 0.3) is 5.69 Å². The van der Waals surface area contributed by atoms with Crippen molar-refractivity contribution in [2.75, 3.05) is 10.6 Å². The number of anilines is 2. The van der Waals surface area contributed by atoms with Crippen LogP contribution in [0.3, 0.4) is 0 Å². The molecule has 33 heavy (non-hydrogen) atoms. The number of rotatable bonds is 4. The average Bonchev–Trinajstić information content (AvgIpc) is 2.73. The second-order valence-electron chi connectivity index (χ2n) is 7.57. The molecule has 1 heterocycles. The molecule has 0 fully saturated rings. The summed E-state index contributed by atoms with van der Waals surface area (Å²) >= 11 is 0. The largest absolute Gasteiger partial charge is 1.00 e. The number of nitro benzene ring substituents is 1. The number of nitrogens with zero attached hydrogens (tertiary/aromatic N) is 2. The van der Waals surface area contributed by atoms with Gasteiger partial charge in [-0.25, -0.2) is 0 Å². The fourth-order valence-electron chi connectivity index (χ4n) is 3.97. The molecule has 0 aliphatic rings. The number of aromatic nitrogens is 1. The van der Waals surface area contributed by atoms with Gasteiger partial charge in [0, 0.05) is 54.4 Å². The summed E-state index contributed by atoms with van der Waals surface area (Å²) in [4.78, 5) is 33.8. The Morgan fingerprint density at radius 2 is 1.36 bits per heavy atom. The molecule has 2 N–H and O–H groups in total. The van der Waals surface area contributed by atoms with Gasteiger partial charge in [-0.1, -0.05) is 6.07 Å². The van der Waals surface area contributed by atoms with Gasteiger partial charge in [-0.3, -0.25) is 19.7 Å². The minimum atomic E-state index is -0.434. The van der Waals surface area contributed by atoms with Gasteiger partial charge >= 0.3 is 0 Å². The Labute approximate surface area is 195 Å². The van der Waals surface area contributed by atoms with E-state index in [1.54, 1.807) is 12.1 Å². The lowest BCUT2D eigenvalue weighted by Crippen LogP contribution is -3.00. The van der Waals surface area contributed by atoms with Crippen LogP contribution in [-0.4, -0.2) is 16.7 Å². The standard InChI is InChI=1S/C24H20N4O4.ClH/c1-14(29)25-17-6-10-20-21-11-7-18(26-15(2)30)13-23(21)27(3)24(22(20)12-17)16-4-8-19(9-5-16)28(31)32;/h4-13H,1-3H3,(H,25,29);1H. The Morgan fingerprint density at radius 3 is 1.91 bits per heavy atom. The van der Waals surface area contributed by atoms with Crippen LogP contribution in [0.1, 0.15) is 13.8 Å². The van der Waals surface area contributed by atoms with Crippen LogP contribution in [0.5, 0.6) is 0 Å². The smallest absolute Gasteiger partial charge is 0.269 e. The highest BCUT2D eigenvalue weighted by Gasteiger charge is 2.22. The molecular formula is C24H21ClN4O4. The number of nitrogens with one attached hydrogen (secondary N) is 2. The van der Waals surface area contributed by atoms with Crippen LogP contribution in [0, 0.1) is 10.1 Å². The van der Waals surface area contributed by atoms with Crippen molar-refractivity contribution in [1.29, 1.82) is 0 Å². The maximum absolute atomic E-state index is 11.6. The molecule has 0 aliphatic carbocycles. The van der Waals surface area contributed by atoms with Gasteiger partial charge in [0.1, 0.15) is 7.05 Å². The normalized spacial score (nSPS) is 10.5. The molecule has 0 unspecified atom stereocenters. The summed E-state index contributed by atoms with van der Waals surface area (Å²) in [7, 11) is 1.90. The second kappa shape index (κ2) is 9.22. The molecule has 0 atom stereocenters. The quantitative estimate of drug-likeness (QED) is 0.205. The van der Waals surface area contributed by atoms with Crippen molar-refractivity contribution in [3.8, 4) is 11.3 Å². The number of carbonyl (C=O) groups is 2. The Balaban J connectivity index is 0.00000306. The monoisotopic (exact) mass is 464 g/mol. The molecule has 9 heteroatoms. The molecular weight excluding hydrogens is 444 g/mol. The first-order valence-corrected chi connectivity index (χ1v) is 9.94. The van der Waals surface area contributed by atoms with Gasteiger partial charge < -0.3 is 23.0 Å². The van der Waals surface area contributed by atoms with E-state index in [9.17, 15) is 19.7 Å². The van der Waals surface area contributed by atoms with Gasteiger partial charge in [-0.05, 0) is 36.4 Å². The van der Waals surface area contributed by atoms with E-state index >= 15 is 0 Å². The predicted molar refractivity (Wildman–Crippen MR) is 123 cm³/mol. The van der Waals surface area contributed by atoms with Crippen molar-refractivity contribution < 1.29 is 31.5 Å². The third kappa shape index (κ3) is 4.61. The number of carbonyl (C=O) groups excluding carboxylic acids is 2. The molecule has 0 aliphatic heterocycles. The molecule has 0 spiro atoms. The molecule has 0 saturated carbocycles. The SMILES string of the molecule is CC(=O)Nc1ccc2c(c1)c(-c1ccc([N+](=O)[O-])cc1)[n+](C)c1cc(NC(C)=O)ccc21.[Cl-]. The van der Waals surface area contributed by atoms with Crippen LogP contribution >= 0.6 is 0 Å². The number of nitro groups is 1. The maximum Gasteiger partial charge on any atom is 0.269 e. The van der Waals surface area contributed by atoms with Gasteiger partial charge in [0.15, 0.2) is 0 Å². The van der Waals surface area contributed by atoms with Crippen LogP contribution in [0.15, 0.2) is 60.7 Å². The molecule has 0 bridgehead atoms. The van der Waals surface area contributed by atoms with Crippen molar-refractivity contribution in [2.24, 2.45) is 7.05 Å². The number of hydrogen-bond donors (Lipinski definition) is 2. The number of halogens is 1. The number of non-ortho nitro benzene ring substituents is 1. The van der Waals surface area contributed by atoms with E-state index in [1.165, 1.54) is 26.0 Å². The van der Waals surface area contributed by atoms with Gasteiger partial charge in [-0.15, -0.1) is 0 Å². The molecule has 3 aromatic carbocycles. The van der Waals surface area contributed by atoms with Crippen LogP contribution in [-0.2, 0) is 16.6 Å². The van der Waals surface area contributed by atoms with E-state index < -0.39 is 4.92 Å². The highest BCUT2D eigenvalue weighted by atomic mass is 35.5. The minimum Gasteiger partial charge on any atom is -1.00 e. The average molecular weight is 465 g/mol. The summed E-state index contributed by atoms with van der Waals surface area (Å²) in [5.41, 5.74) is 3.83. The highest BCUT2D eigenvalue weighted by Crippen LogP contribution is 2.34. The third-order valence-corrected chi connectivity index (χ3v) is 5.25. The van der Waals surface area contributed by atoms with Crippen LogP contribution < -0.4 is 27.6 Å². The third-order valence-electron chi connectivity index (χ3n) is 5.25. The lowest BCUT2D eigenvalue weighted by atomic mass is 9.98. The van der Waals surface area contributed by atoms with Crippen molar-refractivity contribution in [2.45, 2.75) is 13.8 Å². The summed E-state index contributed by atoms with van der Waals surface area (Å²) in [6.07, 6.45) is 0. The highest BCUT2D eigenvalue weighted by molar-refractivity contribution is 6.11. The van der Waals surface area contributed by atoms with E-state index in [0.29, 0.717) is 11.4 Å². The number of aryl methyl sites for hydroxylation is 1. The van der Waals surface area contributed by atoms with E-state index in [-0.39, 0.29) is 29.9 Å². The van der Waals surface area contributed by atoms with Crippen molar-refractivity contribution in [3.63, 3.8) is 0 Å². The first kappa shape index (κ1) is 23.6. The molecule has 168 valence electrons. The summed E-state index contributed by atoms with van der Waals surface area (Å²) < 4.78 is 1.99. The zero-order valence-corrected chi connectivity index (χ0v) is 18.9. The molecule has 0 radical (unpaired) electrons. The molecule has 2 amide bonds. The Kier molecular flexibility index (Phi) is 6.60. The molecule has 1 aromatic heterocycles. The molecule has 0 saturated heterocycles. The fraction of sp³-hybridized carbons (Fsp3) is 0.125. The van der Waals surface area contributed by atoms with E-state index in [1.807, 2.05) is 48.0 Å². The molecule has 8 nitrogen and oxygen atoms in total. The lowest BCUT2D eigenvalue weighted by Gasteiger charge is -2.12. The van der Waals surface area contributed by atoms with Crippen LogP contribution in [0.25, 0.3) is 32.9 Å². The van der Waals surface area contributed by atoms with Crippen molar-refractivity contribution in [3.05, 3.63) is 70.8 Å². The molecule has 4 rings (SSSR count). The van der Waals surface area contributed by atoms with Gasteiger partial charge in [-0.2, -0.15) is 4.57 Å². The first-order chi connectivity index (χ1) is 15.2. The summed E-state index contributed by atoms with van der Waals surface area (Å²) in [6.45, 7) is 2.90. The Hall–Kier alpha value is -4.04. The van der Waals surface area contributed by atoms with E-state index in [0.717, 1.165) is 32.9 Å². The number of pyridine rings is 1. The summed E-state index contributed by atoms with van der Waals surface area (Å²) in [5.74, 6) is -0.338. The summed E-state index contributed by atoms with van der Waals surface area (Å²) in [5, 5.41) is 19.5. The Bertz CT molecular complexity index is 1420. The predicted octanol–water partition coefficient (Wildman–Crippen LogP) is 1.31. The first-order valence-electron chi connectivity index (χ1n) is 9.94. The van der Waals surface area contributed by atoms with Crippen LogP contribution in [0.4, 0.5) is 17.1 Å². The Morgan fingerprint density at radius 1 is 0.818 bits per heavy atom. The van der Waals surface area contributed by atoms with Crippen molar-refractivity contribution >= 4 is 50.6 Å². The zero-order chi connectivity index (χ0) is 23.0. The van der Waals surface area contributed by atoms with E-state index in [2.05, 4.69) is 10.6 Å². The van der Waals surface area contributed by atoms with E-state index in [4.69, 9.17) is 0 Å². The van der Waals surface area contributed by atoms with Crippen LogP contribution in [0.2, 0.25) is 0 Å². The minimum absolute atomic E-state index is 0. The second-order valence-corrected chi connectivity index (χ2v) is 7.57. The van der Waals surface area contributed by atoms with Gasteiger partial charge in [0.2, 0.25) is 23.0 Å². The number of fused-ring (bicyclic) bond motifs is 3. The summed E-state index contributed by atoms with van der Waals surface area (Å²) in [6, 6.07) is 17.7.